The van der Waals surface area contributed by atoms with Crippen molar-refractivity contribution in [2.75, 3.05) is 13.7 Å². The van der Waals surface area contributed by atoms with Crippen molar-refractivity contribution in [1.82, 2.24) is 4.57 Å². The molecule has 0 amide bonds. The fourth-order valence-corrected chi connectivity index (χ4v) is 6.41. The number of ether oxygens (including phenoxy) is 2. The third-order valence-corrected chi connectivity index (χ3v) is 9.37. The zero-order valence-electron chi connectivity index (χ0n) is 20.9. The number of rotatable bonds is 7. The van der Waals surface area contributed by atoms with Gasteiger partial charge in [0.25, 0.3) is 5.56 Å². The molecular formula is C28H24BrIN2O5S. The van der Waals surface area contributed by atoms with Crippen LogP contribution >= 0.6 is 49.9 Å². The average molecular weight is 707 g/mol. The Bertz CT molecular complexity index is 1750. The van der Waals surface area contributed by atoms with Gasteiger partial charge in [0.2, 0.25) is 0 Å². The van der Waals surface area contributed by atoms with Gasteiger partial charge in [0.1, 0.15) is 17.6 Å². The van der Waals surface area contributed by atoms with Gasteiger partial charge in [-0.1, -0.05) is 55.0 Å². The fourth-order valence-electron chi connectivity index (χ4n) is 4.69. The van der Waals surface area contributed by atoms with Gasteiger partial charge in [0.15, 0.2) is 8.57 Å². The van der Waals surface area contributed by atoms with Crippen molar-refractivity contribution in [3.05, 3.63) is 93.0 Å². The van der Waals surface area contributed by atoms with Crippen molar-refractivity contribution >= 4 is 72.7 Å². The number of thiazole rings is 1. The van der Waals surface area contributed by atoms with Crippen LogP contribution in [0.3, 0.4) is 0 Å². The highest BCUT2D eigenvalue weighted by molar-refractivity contribution is 14.1. The lowest BCUT2D eigenvalue weighted by Crippen LogP contribution is -2.40. The molecule has 196 valence electrons. The molecule has 0 saturated heterocycles. The lowest BCUT2D eigenvalue weighted by Gasteiger charge is -2.28. The molecule has 10 heteroatoms. The maximum Gasteiger partial charge on any atom is 0.338 e. The number of hydrogen-bond acceptors (Lipinski definition) is 7. The molecule has 3 heterocycles. The first-order chi connectivity index (χ1) is 18.4. The van der Waals surface area contributed by atoms with E-state index in [4.69, 9.17) is 18.9 Å². The Kier molecular flexibility index (Phi) is 7.92. The minimum atomic E-state index is -0.779. The second-order valence-corrected chi connectivity index (χ2v) is 11.4. The van der Waals surface area contributed by atoms with Crippen LogP contribution in [0.1, 0.15) is 44.1 Å². The summed E-state index contributed by atoms with van der Waals surface area (Å²) in [5.41, 5.74) is 1.43. The van der Waals surface area contributed by atoms with Gasteiger partial charge < -0.3 is 13.9 Å². The summed E-state index contributed by atoms with van der Waals surface area (Å²) < 4.78 is 20.7. The van der Waals surface area contributed by atoms with Crippen LogP contribution in [0.25, 0.3) is 16.8 Å². The summed E-state index contributed by atoms with van der Waals surface area (Å²) in [5, 5.41) is 1.85. The lowest BCUT2D eigenvalue weighted by molar-refractivity contribution is -0.139. The minimum Gasteiger partial charge on any atom is -0.496 e. The third kappa shape index (κ3) is 4.77. The molecule has 0 bridgehead atoms. The van der Waals surface area contributed by atoms with E-state index >= 15 is 0 Å². The van der Waals surface area contributed by atoms with E-state index in [2.05, 4.69) is 38.5 Å². The topological polar surface area (TPSA) is 83.0 Å². The molecule has 0 saturated carbocycles. The highest BCUT2D eigenvalue weighted by atomic mass is 127. The number of aromatic nitrogens is 1. The van der Waals surface area contributed by atoms with Crippen molar-refractivity contribution < 1.29 is 18.7 Å². The van der Waals surface area contributed by atoms with Gasteiger partial charge in [-0.05, 0) is 52.2 Å². The molecule has 1 aliphatic heterocycles. The smallest absolute Gasteiger partial charge is 0.338 e. The molecule has 1 aliphatic rings. The largest absolute Gasteiger partial charge is 0.496 e. The molecule has 5 rings (SSSR count). The zero-order valence-corrected chi connectivity index (χ0v) is 25.5. The Balaban J connectivity index is 1.88. The molecule has 2 aromatic heterocycles. The number of halogens is 2. The van der Waals surface area contributed by atoms with Crippen molar-refractivity contribution in [2.24, 2.45) is 4.99 Å². The van der Waals surface area contributed by atoms with E-state index < -0.39 is 12.0 Å². The normalized spacial score (nSPS) is 15.5. The SMILES string of the molecule is CCCC1=C(C(=O)OCC)[C@H](c2c(OC)ccc3ccccc23)n2c(s/c(=C/c3cc(Br)c(I)o3)c2=O)=N1. The standard InChI is InChI=1S/C28H24BrIN2O5S/c1-4-8-19-23(27(34)36-5-2)24(22-17-10-7-6-9-15(17)11-12-20(22)35-3)32-26(33)21(38-28(32)31-19)14-16-13-18(29)25(30)37-16/h6-7,9-14,24H,4-5,8H2,1-3H3/b21-14+/t24-/m0/s1. The van der Waals surface area contributed by atoms with Crippen LogP contribution in [-0.2, 0) is 9.53 Å². The van der Waals surface area contributed by atoms with Crippen LogP contribution in [0.2, 0.25) is 0 Å². The lowest BCUT2D eigenvalue weighted by atomic mass is 9.90. The van der Waals surface area contributed by atoms with Crippen molar-refractivity contribution in [3.63, 3.8) is 0 Å². The first-order valence-electron chi connectivity index (χ1n) is 12.1. The summed E-state index contributed by atoms with van der Waals surface area (Å²) in [6.45, 7) is 4.01. The van der Waals surface area contributed by atoms with Crippen LogP contribution in [0.5, 0.6) is 5.75 Å². The third-order valence-electron chi connectivity index (χ3n) is 6.25. The van der Waals surface area contributed by atoms with E-state index in [1.807, 2.05) is 49.4 Å². The second-order valence-electron chi connectivity index (χ2n) is 8.59. The summed E-state index contributed by atoms with van der Waals surface area (Å²) in [4.78, 5) is 32.9. The monoisotopic (exact) mass is 706 g/mol. The minimum absolute atomic E-state index is 0.206. The number of methoxy groups -OCH3 is 1. The molecule has 0 unspecified atom stereocenters. The molecule has 0 radical (unpaired) electrons. The van der Waals surface area contributed by atoms with Crippen molar-refractivity contribution in [1.29, 1.82) is 0 Å². The number of allylic oxidation sites excluding steroid dienone is 1. The van der Waals surface area contributed by atoms with Crippen molar-refractivity contribution in [3.8, 4) is 5.75 Å². The number of esters is 1. The van der Waals surface area contributed by atoms with Gasteiger partial charge in [0.05, 0.1) is 34.0 Å². The van der Waals surface area contributed by atoms with Crippen LogP contribution in [0, 0.1) is 3.77 Å². The molecule has 1 atom stereocenters. The van der Waals surface area contributed by atoms with Gasteiger partial charge in [-0.15, -0.1) is 0 Å². The molecule has 0 aliphatic carbocycles. The molecular weight excluding hydrogens is 683 g/mol. The first kappa shape index (κ1) is 26.9. The molecule has 7 nitrogen and oxygen atoms in total. The highest BCUT2D eigenvalue weighted by Gasteiger charge is 2.37. The first-order valence-corrected chi connectivity index (χ1v) is 14.8. The molecule has 4 aromatic rings. The van der Waals surface area contributed by atoms with E-state index in [0.717, 1.165) is 27.2 Å². The Morgan fingerprint density at radius 2 is 2.05 bits per heavy atom. The van der Waals surface area contributed by atoms with Gasteiger partial charge in [-0.2, -0.15) is 0 Å². The number of hydrogen-bond donors (Lipinski definition) is 0. The maximum atomic E-state index is 14.0. The van der Waals surface area contributed by atoms with Gasteiger partial charge >= 0.3 is 5.97 Å². The molecule has 2 aromatic carbocycles. The molecule has 0 spiro atoms. The van der Waals surface area contributed by atoms with Gasteiger partial charge in [0, 0.05) is 34.2 Å². The predicted molar refractivity (Wildman–Crippen MR) is 159 cm³/mol. The summed E-state index contributed by atoms with van der Waals surface area (Å²) >= 11 is 6.81. The summed E-state index contributed by atoms with van der Waals surface area (Å²) in [7, 11) is 1.59. The molecule has 0 N–H and O–H groups in total. The average Bonchev–Trinajstić information content (AvgIpc) is 3.39. The Morgan fingerprint density at radius 1 is 1.26 bits per heavy atom. The Hall–Kier alpha value is -2.70. The van der Waals surface area contributed by atoms with Gasteiger partial charge in [-0.3, -0.25) is 9.36 Å². The number of furan rings is 1. The van der Waals surface area contributed by atoms with E-state index in [1.165, 1.54) is 11.3 Å². The second kappa shape index (κ2) is 11.2. The number of carbonyl (C=O) groups is 1. The number of benzene rings is 2. The van der Waals surface area contributed by atoms with Crippen LogP contribution in [0.15, 0.2) is 72.4 Å². The summed E-state index contributed by atoms with van der Waals surface area (Å²) in [6, 6.07) is 12.8. The van der Waals surface area contributed by atoms with Crippen LogP contribution < -0.4 is 19.6 Å². The summed E-state index contributed by atoms with van der Waals surface area (Å²) in [6.07, 6.45) is 3.04. The molecule has 38 heavy (non-hydrogen) atoms. The van der Waals surface area contributed by atoms with Crippen LogP contribution in [0.4, 0.5) is 0 Å². The number of fused-ring (bicyclic) bond motifs is 2. The van der Waals surface area contributed by atoms with Crippen molar-refractivity contribution in [2.45, 2.75) is 32.7 Å². The maximum absolute atomic E-state index is 14.0. The molecule has 0 fully saturated rings. The Morgan fingerprint density at radius 3 is 2.74 bits per heavy atom. The van der Waals surface area contributed by atoms with Gasteiger partial charge in [-0.25, -0.2) is 9.79 Å². The van der Waals surface area contributed by atoms with E-state index in [1.54, 1.807) is 24.7 Å². The quantitative estimate of drug-likeness (QED) is 0.182. The zero-order chi connectivity index (χ0) is 27.0. The Labute approximate surface area is 244 Å². The summed E-state index contributed by atoms with van der Waals surface area (Å²) in [5.74, 6) is 0.634. The van der Waals surface area contributed by atoms with E-state index in [9.17, 15) is 9.59 Å². The highest BCUT2D eigenvalue weighted by Crippen LogP contribution is 2.41. The number of nitrogens with zero attached hydrogens (tertiary/aromatic N) is 2. The fraction of sp³-hybridized carbons (Fsp3) is 0.250. The van der Waals surface area contributed by atoms with E-state index in [-0.39, 0.29) is 12.2 Å². The number of carbonyl (C=O) groups excluding carboxylic acids is 1. The predicted octanol–water partition coefficient (Wildman–Crippen LogP) is 5.70. The van der Waals surface area contributed by atoms with Crippen LogP contribution in [-0.4, -0.2) is 24.3 Å². The van der Waals surface area contributed by atoms with E-state index in [0.29, 0.717) is 42.3 Å².